The molecule has 2 aliphatic rings. The van der Waals surface area contributed by atoms with Crippen LogP contribution in [0.3, 0.4) is 0 Å². The van der Waals surface area contributed by atoms with Crippen molar-refractivity contribution < 1.29 is 4.39 Å². The van der Waals surface area contributed by atoms with Gasteiger partial charge in [-0.2, -0.15) is 0 Å². The van der Waals surface area contributed by atoms with Crippen LogP contribution < -0.4 is 15.8 Å². The molecule has 1 aliphatic carbocycles. The number of benzene rings is 1. The van der Waals surface area contributed by atoms with Crippen LogP contribution in [-0.2, 0) is 0 Å². The summed E-state index contributed by atoms with van der Waals surface area (Å²) in [7, 11) is 1.82. The lowest BCUT2D eigenvalue weighted by atomic mass is 9.66. The number of rotatable bonds is 13. The lowest BCUT2D eigenvalue weighted by Gasteiger charge is -2.47. The molecule has 2 aromatic rings. The van der Waals surface area contributed by atoms with Crippen molar-refractivity contribution in [1.82, 2.24) is 4.68 Å². The van der Waals surface area contributed by atoms with E-state index < -0.39 is 6.17 Å². The Bertz CT molecular complexity index is 1270. The first kappa shape index (κ1) is 27.8. The fraction of sp³-hybridized carbons (Fsp3) is 0.516. The van der Waals surface area contributed by atoms with Gasteiger partial charge in [0.2, 0.25) is 0 Å². The number of aromatic nitrogens is 1. The molecule has 1 aromatic heterocycles. The average Bonchev–Trinajstić information content (AvgIpc) is 3.34. The summed E-state index contributed by atoms with van der Waals surface area (Å²) >= 11 is 0. The van der Waals surface area contributed by atoms with Crippen molar-refractivity contribution in [3.63, 3.8) is 0 Å². The second kappa shape index (κ2) is 12.1. The first-order valence-corrected chi connectivity index (χ1v) is 14.0. The molecule has 7 heteroatoms. The van der Waals surface area contributed by atoms with Crippen LogP contribution in [0.4, 0.5) is 10.1 Å². The minimum absolute atomic E-state index is 0.209. The molecular formula is C31H43FN6. The van der Waals surface area contributed by atoms with Gasteiger partial charge in [0, 0.05) is 54.3 Å². The largest absolute Gasteiger partial charge is 0.345 e. The maximum atomic E-state index is 13.9. The van der Waals surface area contributed by atoms with Crippen LogP contribution in [0.1, 0.15) is 70.8 Å². The molecule has 204 valence electrons. The standard InChI is InChI=1S/C31H43FN6/c1-6-11-29-35-20-27(36-29)13-8-7-9-15-37(23(3)31(4)18-26(32)19-31)28-14-10-12-24(17-28)25-16-22(2)30(33)38(21-25)34-5/h10,12,14,16-17,21,26,33-34H,3,6-9,11,13,15,18-20H2,1-2,4-5H3. The van der Waals surface area contributed by atoms with Crippen molar-refractivity contribution in [2.45, 2.75) is 78.3 Å². The lowest BCUT2D eigenvalue weighted by Crippen LogP contribution is -2.43. The first-order chi connectivity index (χ1) is 18.2. The van der Waals surface area contributed by atoms with Crippen molar-refractivity contribution in [3.8, 4) is 11.1 Å². The Labute approximate surface area is 226 Å². The smallest absolute Gasteiger partial charge is 0.146 e. The third kappa shape index (κ3) is 6.25. The molecule has 0 radical (unpaired) electrons. The zero-order valence-corrected chi connectivity index (χ0v) is 23.5. The maximum absolute atomic E-state index is 13.9. The highest BCUT2D eigenvalue weighted by Crippen LogP contribution is 2.49. The van der Waals surface area contributed by atoms with E-state index in [4.69, 9.17) is 10.4 Å². The molecule has 4 rings (SSSR count). The summed E-state index contributed by atoms with van der Waals surface area (Å²) in [5.41, 5.74) is 9.62. The third-order valence-corrected chi connectivity index (χ3v) is 7.91. The molecule has 0 spiro atoms. The lowest BCUT2D eigenvalue weighted by molar-refractivity contribution is 0.0718. The van der Waals surface area contributed by atoms with Crippen molar-refractivity contribution in [2.24, 2.45) is 15.4 Å². The summed E-state index contributed by atoms with van der Waals surface area (Å²) in [6, 6.07) is 10.5. The van der Waals surface area contributed by atoms with Gasteiger partial charge in [-0.3, -0.25) is 10.4 Å². The van der Waals surface area contributed by atoms with Crippen LogP contribution >= 0.6 is 0 Å². The minimum atomic E-state index is -0.736. The Morgan fingerprint density at radius 1 is 1.21 bits per heavy atom. The van der Waals surface area contributed by atoms with E-state index in [9.17, 15) is 4.39 Å². The van der Waals surface area contributed by atoms with Crippen LogP contribution in [-0.4, -0.2) is 42.5 Å². The quantitative estimate of drug-likeness (QED) is 0.287. The number of alkyl halides is 1. The Morgan fingerprint density at radius 2 is 2.00 bits per heavy atom. The Hall–Kier alpha value is -3.22. The molecular weight excluding hydrogens is 475 g/mol. The van der Waals surface area contributed by atoms with Gasteiger partial charge in [0.15, 0.2) is 0 Å². The Balaban J connectivity index is 1.48. The van der Waals surface area contributed by atoms with Crippen LogP contribution in [0.2, 0.25) is 0 Å². The van der Waals surface area contributed by atoms with Gasteiger partial charge in [0.25, 0.3) is 0 Å². The predicted molar refractivity (Wildman–Crippen MR) is 158 cm³/mol. The number of allylic oxidation sites excluding steroid dienone is 1. The highest BCUT2D eigenvalue weighted by Gasteiger charge is 2.44. The number of anilines is 1. The number of aryl methyl sites for hydroxylation is 1. The molecule has 6 nitrogen and oxygen atoms in total. The number of aliphatic imine (C=N–C) groups is 2. The van der Waals surface area contributed by atoms with Gasteiger partial charge in [-0.05, 0) is 74.8 Å². The summed E-state index contributed by atoms with van der Waals surface area (Å²) in [6.07, 6.45) is 8.58. The fourth-order valence-electron chi connectivity index (χ4n) is 5.52. The zero-order valence-electron chi connectivity index (χ0n) is 23.5. The van der Waals surface area contributed by atoms with E-state index in [0.717, 1.165) is 85.5 Å². The Kier molecular flexibility index (Phi) is 8.85. The molecule has 0 saturated heterocycles. The Morgan fingerprint density at radius 3 is 2.71 bits per heavy atom. The second-order valence-corrected chi connectivity index (χ2v) is 11.0. The van der Waals surface area contributed by atoms with Gasteiger partial charge < -0.3 is 10.3 Å². The van der Waals surface area contributed by atoms with E-state index in [2.05, 4.69) is 66.1 Å². The molecule has 2 heterocycles. The average molecular weight is 519 g/mol. The number of hydrogen-bond donors (Lipinski definition) is 2. The molecule has 1 saturated carbocycles. The van der Waals surface area contributed by atoms with Crippen LogP contribution in [0, 0.1) is 17.7 Å². The SMILES string of the molecule is C=C(N(CCCCCC1=NC(CCC)=NC1)c1cccc(-c2cc(C)c(=N)n(NC)c2)c1)C1(C)CC(F)C1. The van der Waals surface area contributed by atoms with E-state index in [1.165, 1.54) is 5.71 Å². The van der Waals surface area contributed by atoms with Crippen molar-refractivity contribution in [1.29, 1.82) is 5.41 Å². The number of halogens is 1. The van der Waals surface area contributed by atoms with Gasteiger partial charge in [0.05, 0.1) is 6.54 Å². The van der Waals surface area contributed by atoms with Gasteiger partial charge in [-0.1, -0.05) is 39.0 Å². The minimum Gasteiger partial charge on any atom is -0.345 e. The molecule has 38 heavy (non-hydrogen) atoms. The second-order valence-electron chi connectivity index (χ2n) is 11.0. The summed E-state index contributed by atoms with van der Waals surface area (Å²) in [5, 5.41) is 8.26. The molecule has 0 amide bonds. The van der Waals surface area contributed by atoms with Gasteiger partial charge >= 0.3 is 0 Å². The highest BCUT2D eigenvalue weighted by atomic mass is 19.1. The van der Waals surface area contributed by atoms with Crippen LogP contribution in [0.5, 0.6) is 0 Å². The topological polar surface area (TPSA) is 68.8 Å². The normalized spacial score (nSPS) is 20.5. The number of nitrogens with one attached hydrogen (secondary N) is 2. The number of nitrogens with zero attached hydrogens (tertiary/aromatic N) is 4. The van der Waals surface area contributed by atoms with Crippen LogP contribution in [0.25, 0.3) is 11.1 Å². The first-order valence-electron chi connectivity index (χ1n) is 14.0. The molecule has 0 atom stereocenters. The van der Waals surface area contributed by atoms with Crippen molar-refractivity contribution in [2.75, 3.05) is 30.5 Å². The fourth-order valence-corrected chi connectivity index (χ4v) is 5.52. The maximum Gasteiger partial charge on any atom is 0.146 e. The number of amidine groups is 1. The molecule has 1 fully saturated rings. The molecule has 0 bridgehead atoms. The summed E-state index contributed by atoms with van der Waals surface area (Å²) in [6.45, 7) is 12.4. The van der Waals surface area contributed by atoms with E-state index >= 15 is 0 Å². The summed E-state index contributed by atoms with van der Waals surface area (Å²) in [5.74, 6) is 1.01. The molecule has 1 aliphatic heterocycles. The number of hydrogen-bond acceptors (Lipinski definition) is 5. The van der Waals surface area contributed by atoms with E-state index in [1.807, 2.05) is 20.2 Å². The summed E-state index contributed by atoms with van der Waals surface area (Å²) in [4.78, 5) is 11.6. The number of pyridine rings is 1. The third-order valence-electron chi connectivity index (χ3n) is 7.91. The van der Waals surface area contributed by atoms with E-state index in [1.54, 1.807) is 4.68 Å². The van der Waals surface area contributed by atoms with Gasteiger partial charge in [-0.15, -0.1) is 0 Å². The van der Waals surface area contributed by atoms with E-state index in [0.29, 0.717) is 18.3 Å². The summed E-state index contributed by atoms with van der Waals surface area (Å²) < 4.78 is 15.7. The zero-order chi connectivity index (χ0) is 27.3. The van der Waals surface area contributed by atoms with Crippen molar-refractivity contribution >= 4 is 17.2 Å². The van der Waals surface area contributed by atoms with Gasteiger partial charge in [0.1, 0.15) is 17.5 Å². The van der Waals surface area contributed by atoms with Gasteiger partial charge in [-0.25, -0.2) is 14.1 Å². The van der Waals surface area contributed by atoms with Crippen molar-refractivity contribution in [3.05, 3.63) is 59.9 Å². The number of unbranched alkanes of at least 4 members (excludes halogenated alkanes) is 2. The molecule has 0 unspecified atom stereocenters. The van der Waals surface area contributed by atoms with Crippen LogP contribution in [0.15, 0.2) is 58.8 Å². The molecule has 2 N–H and O–H groups in total. The predicted octanol–water partition coefficient (Wildman–Crippen LogP) is 6.79. The molecule has 1 aromatic carbocycles. The highest BCUT2D eigenvalue weighted by molar-refractivity contribution is 6.03. The van der Waals surface area contributed by atoms with E-state index in [-0.39, 0.29) is 5.41 Å². The monoisotopic (exact) mass is 518 g/mol.